The van der Waals surface area contributed by atoms with Crippen molar-refractivity contribution >= 4 is 5.69 Å². The molecule has 3 unspecified atom stereocenters. The fourth-order valence-corrected chi connectivity index (χ4v) is 4.33. The molecular formula is C18H27FN2. The number of nitrogens with zero attached hydrogens (tertiary/aromatic N) is 1. The standard InChI is InChI=1S/C18H27FN2/c1-3-20-13(2)15-9-5-10-16(19)18(15)21-12-6-8-14-7-4-11-17(14)21/h5,9-10,13-14,17,20H,3-4,6-8,11-12H2,1-2H3. The highest BCUT2D eigenvalue weighted by atomic mass is 19.1. The van der Waals surface area contributed by atoms with E-state index in [1.807, 2.05) is 6.07 Å². The normalized spacial score (nSPS) is 26.7. The summed E-state index contributed by atoms with van der Waals surface area (Å²) in [6, 6.07) is 6.31. The van der Waals surface area contributed by atoms with Gasteiger partial charge in [-0.15, -0.1) is 0 Å². The predicted molar refractivity (Wildman–Crippen MR) is 86.2 cm³/mol. The lowest BCUT2D eigenvalue weighted by Crippen LogP contribution is -2.44. The zero-order valence-electron chi connectivity index (χ0n) is 13.2. The van der Waals surface area contributed by atoms with Crippen molar-refractivity contribution in [2.75, 3.05) is 18.0 Å². The van der Waals surface area contributed by atoms with Crippen molar-refractivity contribution in [3.63, 3.8) is 0 Å². The molecule has 0 radical (unpaired) electrons. The summed E-state index contributed by atoms with van der Waals surface area (Å²) in [5, 5.41) is 3.43. The lowest BCUT2D eigenvalue weighted by atomic mass is 9.90. The van der Waals surface area contributed by atoms with E-state index in [0.717, 1.165) is 30.3 Å². The molecule has 116 valence electrons. The van der Waals surface area contributed by atoms with Crippen molar-refractivity contribution in [2.45, 2.75) is 58.0 Å². The largest absolute Gasteiger partial charge is 0.366 e. The highest BCUT2D eigenvalue weighted by molar-refractivity contribution is 5.57. The molecule has 2 aliphatic rings. The second-order valence-corrected chi connectivity index (χ2v) is 6.55. The summed E-state index contributed by atoms with van der Waals surface area (Å²) in [7, 11) is 0. The molecule has 0 bridgehead atoms. The highest BCUT2D eigenvalue weighted by Gasteiger charge is 2.37. The second kappa shape index (κ2) is 6.35. The van der Waals surface area contributed by atoms with Gasteiger partial charge >= 0.3 is 0 Å². The molecule has 0 spiro atoms. The van der Waals surface area contributed by atoms with Crippen LogP contribution in [0.15, 0.2) is 18.2 Å². The van der Waals surface area contributed by atoms with E-state index in [1.54, 1.807) is 6.07 Å². The van der Waals surface area contributed by atoms with Gasteiger partial charge in [0.05, 0.1) is 5.69 Å². The van der Waals surface area contributed by atoms with Gasteiger partial charge in [-0.05, 0) is 56.7 Å². The van der Waals surface area contributed by atoms with Crippen LogP contribution in [0, 0.1) is 11.7 Å². The molecule has 1 aromatic rings. The Hall–Kier alpha value is -1.09. The quantitative estimate of drug-likeness (QED) is 0.891. The van der Waals surface area contributed by atoms with E-state index in [-0.39, 0.29) is 11.9 Å². The van der Waals surface area contributed by atoms with Crippen molar-refractivity contribution in [3.05, 3.63) is 29.6 Å². The first-order valence-electron chi connectivity index (χ1n) is 8.50. The molecule has 1 aliphatic carbocycles. The van der Waals surface area contributed by atoms with Crippen LogP contribution < -0.4 is 10.2 Å². The van der Waals surface area contributed by atoms with Gasteiger partial charge in [0.2, 0.25) is 0 Å². The topological polar surface area (TPSA) is 15.3 Å². The van der Waals surface area contributed by atoms with Crippen molar-refractivity contribution in [2.24, 2.45) is 5.92 Å². The van der Waals surface area contributed by atoms with E-state index in [4.69, 9.17) is 0 Å². The van der Waals surface area contributed by atoms with Crippen molar-refractivity contribution < 1.29 is 4.39 Å². The molecule has 1 aromatic carbocycles. The van der Waals surface area contributed by atoms with E-state index in [1.165, 1.54) is 32.1 Å². The summed E-state index contributed by atoms with van der Waals surface area (Å²) in [6.07, 6.45) is 6.39. The van der Waals surface area contributed by atoms with Crippen LogP contribution in [0.1, 0.15) is 57.6 Å². The molecule has 1 saturated carbocycles. The van der Waals surface area contributed by atoms with E-state index in [0.29, 0.717) is 6.04 Å². The van der Waals surface area contributed by atoms with Crippen LogP contribution in [-0.2, 0) is 0 Å². The predicted octanol–water partition coefficient (Wildman–Crippen LogP) is 4.27. The van der Waals surface area contributed by atoms with Gasteiger partial charge in [-0.1, -0.05) is 25.5 Å². The van der Waals surface area contributed by atoms with Crippen molar-refractivity contribution in [1.82, 2.24) is 5.32 Å². The Labute approximate surface area is 127 Å². The number of hydrogen-bond acceptors (Lipinski definition) is 2. The minimum Gasteiger partial charge on any atom is -0.366 e. The summed E-state index contributed by atoms with van der Waals surface area (Å²) in [6.45, 7) is 6.15. The molecule has 1 saturated heterocycles. The number of rotatable bonds is 4. The Kier molecular flexibility index (Phi) is 4.48. The van der Waals surface area contributed by atoms with Crippen LogP contribution in [0.2, 0.25) is 0 Å². The average molecular weight is 290 g/mol. The van der Waals surface area contributed by atoms with E-state index in [2.05, 4.69) is 30.1 Å². The van der Waals surface area contributed by atoms with E-state index >= 15 is 0 Å². The third kappa shape index (κ3) is 2.80. The number of benzene rings is 1. The lowest BCUT2D eigenvalue weighted by Gasteiger charge is -2.41. The van der Waals surface area contributed by atoms with Gasteiger partial charge in [-0.2, -0.15) is 0 Å². The van der Waals surface area contributed by atoms with Crippen molar-refractivity contribution in [3.8, 4) is 0 Å². The van der Waals surface area contributed by atoms with Crippen LogP contribution in [0.5, 0.6) is 0 Å². The van der Waals surface area contributed by atoms with Gasteiger partial charge in [-0.3, -0.25) is 0 Å². The summed E-state index contributed by atoms with van der Waals surface area (Å²) >= 11 is 0. The average Bonchev–Trinajstić information content (AvgIpc) is 2.96. The molecule has 3 heteroatoms. The minimum absolute atomic E-state index is 0.0511. The zero-order valence-corrected chi connectivity index (χ0v) is 13.2. The first-order valence-corrected chi connectivity index (χ1v) is 8.50. The third-order valence-electron chi connectivity index (χ3n) is 5.28. The number of piperidine rings is 1. The minimum atomic E-state index is -0.0511. The molecule has 3 atom stereocenters. The first kappa shape index (κ1) is 14.8. The van der Waals surface area contributed by atoms with E-state index < -0.39 is 0 Å². The Morgan fingerprint density at radius 1 is 1.29 bits per heavy atom. The van der Waals surface area contributed by atoms with E-state index in [9.17, 15) is 4.39 Å². The Bertz CT molecular complexity index is 488. The molecule has 1 heterocycles. The number of para-hydroxylation sites is 1. The van der Waals surface area contributed by atoms with Crippen LogP contribution in [-0.4, -0.2) is 19.1 Å². The maximum atomic E-state index is 14.6. The number of nitrogens with one attached hydrogen (secondary N) is 1. The van der Waals surface area contributed by atoms with Gasteiger partial charge in [0, 0.05) is 18.6 Å². The third-order valence-corrected chi connectivity index (χ3v) is 5.28. The maximum absolute atomic E-state index is 14.6. The fourth-order valence-electron chi connectivity index (χ4n) is 4.33. The maximum Gasteiger partial charge on any atom is 0.146 e. The molecule has 0 amide bonds. The van der Waals surface area contributed by atoms with Gasteiger partial charge in [0.1, 0.15) is 5.82 Å². The summed E-state index contributed by atoms with van der Waals surface area (Å²) in [4.78, 5) is 2.39. The number of hydrogen-bond donors (Lipinski definition) is 1. The number of halogens is 1. The molecule has 2 fully saturated rings. The molecule has 0 aromatic heterocycles. The monoisotopic (exact) mass is 290 g/mol. The summed E-state index contributed by atoms with van der Waals surface area (Å²) in [5.41, 5.74) is 1.98. The number of anilines is 1. The van der Waals surface area contributed by atoms with Gasteiger partial charge in [0.15, 0.2) is 0 Å². The van der Waals surface area contributed by atoms with Gasteiger partial charge < -0.3 is 10.2 Å². The number of fused-ring (bicyclic) bond motifs is 1. The fraction of sp³-hybridized carbons (Fsp3) is 0.667. The van der Waals surface area contributed by atoms with Crippen LogP contribution in [0.4, 0.5) is 10.1 Å². The Morgan fingerprint density at radius 3 is 2.90 bits per heavy atom. The SMILES string of the molecule is CCNC(C)c1cccc(F)c1N1CCCC2CCCC21. The molecule has 2 nitrogen and oxygen atoms in total. The Morgan fingerprint density at radius 2 is 2.10 bits per heavy atom. The zero-order chi connectivity index (χ0) is 14.8. The first-order chi connectivity index (χ1) is 10.2. The van der Waals surface area contributed by atoms with Crippen LogP contribution in [0.25, 0.3) is 0 Å². The highest BCUT2D eigenvalue weighted by Crippen LogP contribution is 2.41. The summed E-state index contributed by atoms with van der Waals surface area (Å²) in [5.74, 6) is 0.727. The summed E-state index contributed by atoms with van der Waals surface area (Å²) < 4.78 is 14.6. The van der Waals surface area contributed by atoms with Crippen molar-refractivity contribution in [1.29, 1.82) is 0 Å². The van der Waals surface area contributed by atoms with Gasteiger partial charge in [0.25, 0.3) is 0 Å². The lowest BCUT2D eigenvalue weighted by molar-refractivity contribution is 0.358. The molecular weight excluding hydrogens is 263 g/mol. The second-order valence-electron chi connectivity index (χ2n) is 6.55. The van der Waals surface area contributed by atoms with Crippen LogP contribution >= 0.6 is 0 Å². The molecule has 1 N–H and O–H groups in total. The smallest absolute Gasteiger partial charge is 0.146 e. The van der Waals surface area contributed by atoms with Gasteiger partial charge in [-0.25, -0.2) is 4.39 Å². The van der Waals surface area contributed by atoms with Crippen LogP contribution in [0.3, 0.4) is 0 Å². The Balaban J connectivity index is 1.96. The molecule has 3 rings (SSSR count). The molecule has 21 heavy (non-hydrogen) atoms. The molecule has 1 aliphatic heterocycles.